The Balaban J connectivity index is 2.54. The van der Waals surface area contributed by atoms with Crippen LogP contribution in [0.15, 0.2) is 18.2 Å². The van der Waals surface area contributed by atoms with Crippen molar-refractivity contribution in [3.8, 4) is 0 Å². The van der Waals surface area contributed by atoms with Gasteiger partial charge < -0.3 is 5.32 Å². The quantitative estimate of drug-likeness (QED) is 0.915. The summed E-state index contributed by atoms with van der Waals surface area (Å²) in [6.45, 7) is 6.46. The molecule has 6 heteroatoms. The highest BCUT2D eigenvalue weighted by atomic mass is 32.1. The van der Waals surface area contributed by atoms with Gasteiger partial charge in [-0.25, -0.2) is 8.78 Å². The molecule has 3 nitrogen and oxygen atoms in total. The molecule has 0 fully saturated rings. The molecule has 0 aliphatic rings. The van der Waals surface area contributed by atoms with Gasteiger partial charge in [-0.2, -0.15) is 0 Å². The van der Waals surface area contributed by atoms with Gasteiger partial charge in [0.15, 0.2) is 0 Å². The lowest BCUT2D eigenvalue weighted by Gasteiger charge is -2.19. The van der Waals surface area contributed by atoms with Gasteiger partial charge in [0.2, 0.25) is 0 Å². The maximum atomic E-state index is 14.0. The first kappa shape index (κ1) is 15.0. The minimum atomic E-state index is -0.557. The standard InChI is InChI=1S/C14H17F2N3S/c1-4-17-13(11-9(15)6-5-7-10(11)16)14-12(8(2)3)18-19-20-14/h5-8,13,17H,4H2,1-3H3. The zero-order chi connectivity index (χ0) is 14.7. The lowest BCUT2D eigenvalue weighted by Crippen LogP contribution is -2.24. The normalized spacial score (nSPS) is 12.9. The second-order valence-electron chi connectivity index (χ2n) is 4.80. The average Bonchev–Trinajstić information content (AvgIpc) is 2.86. The van der Waals surface area contributed by atoms with E-state index in [4.69, 9.17) is 0 Å². The summed E-state index contributed by atoms with van der Waals surface area (Å²) in [5, 5.41) is 7.22. The maximum absolute atomic E-state index is 14.0. The molecule has 1 unspecified atom stereocenters. The number of hydrogen-bond acceptors (Lipinski definition) is 4. The van der Waals surface area contributed by atoms with Gasteiger partial charge in [-0.15, -0.1) is 5.10 Å². The Hall–Kier alpha value is -1.40. The van der Waals surface area contributed by atoms with Crippen LogP contribution in [0.25, 0.3) is 0 Å². The Morgan fingerprint density at radius 3 is 2.45 bits per heavy atom. The van der Waals surface area contributed by atoms with Crippen LogP contribution in [-0.2, 0) is 0 Å². The Bertz CT molecular complexity index is 563. The molecule has 1 aromatic heterocycles. The molecule has 1 aromatic carbocycles. The van der Waals surface area contributed by atoms with E-state index in [-0.39, 0.29) is 11.5 Å². The molecule has 0 aliphatic carbocycles. The topological polar surface area (TPSA) is 37.8 Å². The first-order valence-electron chi connectivity index (χ1n) is 6.55. The number of nitrogens with zero attached hydrogens (tertiary/aromatic N) is 2. The molecular formula is C14H17F2N3S. The number of rotatable bonds is 5. The second kappa shape index (κ2) is 6.37. The van der Waals surface area contributed by atoms with Crippen molar-refractivity contribution < 1.29 is 8.78 Å². The van der Waals surface area contributed by atoms with Gasteiger partial charge in [0, 0.05) is 5.56 Å². The van der Waals surface area contributed by atoms with E-state index in [0.717, 1.165) is 10.6 Å². The maximum Gasteiger partial charge on any atom is 0.131 e. The number of aromatic nitrogens is 2. The van der Waals surface area contributed by atoms with Crippen LogP contribution in [-0.4, -0.2) is 16.1 Å². The van der Waals surface area contributed by atoms with Crippen LogP contribution in [0.1, 0.15) is 48.9 Å². The van der Waals surface area contributed by atoms with E-state index in [9.17, 15) is 8.78 Å². The minimum Gasteiger partial charge on any atom is -0.306 e. The van der Waals surface area contributed by atoms with Gasteiger partial charge in [0.05, 0.1) is 16.6 Å². The Labute approximate surface area is 121 Å². The minimum absolute atomic E-state index is 0.0299. The van der Waals surface area contributed by atoms with Crippen molar-refractivity contribution in [2.24, 2.45) is 0 Å². The number of halogens is 2. The summed E-state index contributed by atoms with van der Waals surface area (Å²) in [5.74, 6) is -0.960. The molecule has 0 saturated heterocycles. The number of nitrogens with one attached hydrogen (secondary N) is 1. The van der Waals surface area contributed by atoms with Gasteiger partial charge in [0.1, 0.15) is 11.6 Å². The molecule has 0 radical (unpaired) electrons. The molecule has 0 aliphatic heterocycles. The molecule has 2 rings (SSSR count). The van der Waals surface area contributed by atoms with Crippen molar-refractivity contribution in [3.05, 3.63) is 46.0 Å². The van der Waals surface area contributed by atoms with E-state index in [0.29, 0.717) is 6.54 Å². The molecule has 0 spiro atoms. The summed E-state index contributed by atoms with van der Waals surface area (Å²) in [5.41, 5.74) is 0.811. The highest BCUT2D eigenvalue weighted by Gasteiger charge is 2.26. The van der Waals surface area contributed by atoms with E-state index in [1.807, 2.05) is 20.8 Å². The number of hydrogen-bond donors (Lipinski definition) is 1. The van der Waals surface area contributed by atoms with Crippen molar-refractivity contribution in [2.45, 2.75) is 32.7 Å². The monoisotopic (exact) mass is 297 g/mol. The van der Waals surface area contributed by atoms with E-state index in [1.54, 1.807) is 0 Å². The molecular weight excluding hydrogens is 280 g/mol. The van der Waals surface area contributed by atoms with Crippen LogP contribution in [0.5, 0.6) is 0 Å². The third-order valence-corrected chi connectivity index (χ3v) is 3.85. The highest BCUT2D eigenvalue weighted by Crippen LogP contribution is 2.33. The van der Waals surface area contributed by atoms with Gasteiger partial charge >= 0.3 is 0 Å². The fourth-order valence-corrected chi connectivity index (χ4v) is 3.01. The predicted octanol–water partition coefficient (Wildman–Crippen LogP) is 3.64. The Kier molecular flexibility index (Phi) is 4.77. The SMILES string of the molecule is CCNC(c1snnc1C(C)C)c1c(F)cccc1F. The van der Waals surface area contributed by atoms with E-state index >= 15 is 0 Å². The lowest BCUT2D eigenvalue weighted by molar-refractivity contribution is 0.510. The van der Waals surface area contributed by atoms with E-state index < -0.39 is 17.7 Å². The second-order valence-corrected chi connectivity index (χ2v) is 5.59. The summed E-state index contributed by atoms with van der Waals surface area (Å²) in [7, 11) is 0. The molecule has 1 heterocycles. The average molecular weight is 297 g/mol. The molecule has 20 heavy (non-hydrogen) atoms. The predicted molar refractivity (Wildman–Crippen MR) is 75.9 cm³/mol. The molecule has 1 atom stereocenters. The smallest absolute Gasteiger partial charge is 0.131 e. The highest BCUT2D eigenvalue weighted by molar-refractivity contribution is 7.05. The summed E-state index contributed by atoms with van der Waals surface area (Å²) < 4.78 is 32.0. The van der Waals surface area contributed by atoms with Crippen LogP contribution < -0.4 is 5.32 Å². The molecule has 108 valence electrons. The summed E-state index contributed by atoms with van der Waals surface area (Å²) >= 11 is 1.18. The Morgan fingerprint density at radius 1 is 1.25 bits per heavy atom. The van der Waals surface area contributed by atoms with Crippen LogP contribution >= 0.6 is 11.5 Å². The van der Waals surface area contributed by atoms with Crippen molar-refractivity contribution in [1.29, 1.82) is 0 Å². The van der Waals surface area contributed by atoms with Gasteiger partial charge in [-0.3, -0.25) is 0 Å². The van der Waals surface area contributed by atoms with Gasteiger partial charge in [-0.05, 0) is 36.1 Å². The number of benzene rings is 1. The van der Waals surface area contributed by atoms with E-state index in [1.165, 1.54) is 29.7 Å². The molecule has 0 bridgehead atoms. The molecule has 0 saturated carbocycles. The van der Waals surface area contributed by atoms with Crippen molar-refractivity contribution in [1.82, 2.24) is 14.9 Å². The van der Waals surface area contributed by atoms with Crippen molar-refractivity contribution >= 4 is 11.5 Å². The first-order chi connectivity index (χ1) is 9.56. The van der Waals surface area contributed by atoms with Gasteiger partial charge in [-0.1, -0.05) is 31.3 Å². The Morgan fingerprint density at radius 2 is 1.90 bits per heavy atom. The van der Waals surface area contributed by atoms with Crippen LogP contribution in [0, 0.1) is 11.6 Å². The fraction of sp³-hybridized carbons (Fsp3) is 0.429. The largest absolute Gasteiger partial charge is 0.306 e. The zero-order valence-electron chi connectivity index (χ0n) is 11.7. The molecule has 0 amide bonds. The lowest BCUT2D eigenvalue weighted by atomic mass is 9.99. The fourth-order valence-electron chi connectivity index (χ4n) is 2.12. The molecule has 2 aromatic rings. The van der Waals surface area contributed by atoms with Crippen LogP contribution in [0.4, 0.5) is 8.78 Å². The zero-order valence-corrected chi connectivity index (χ0v) is 12.5. The van der Waals surface area contributed by atoms with Crippen molar-refractivity contribution in [3.63, 3.8) is 0 Å². The molecule has 1 N–H and O–H groups in total. The third kappa shape index (κ3) is 2.86. The third-order valence-electron chi connectivity index (χ3n) is 3.05. The van der Waals surface area contributed by atoms with E-state index in [2.05, 4.69) is 14.9 Å². The van der Waals surface area contributed by atoms with Crippen LogP contribution in [0.2, 0.25) is 0 Å². The summed E-state index contributed by atoms with van der Waals surface area (Å²) in [6.07, 6.45) is 0. The summed E-state index contributed by atoms with van der Waals surface area (Å²) in [4.78, 5) is 0.769. The van der Waals surface area contributed by atoms with Crippen LogP contribution in [0.3, 0.4) is 0 Å². The van der Waals surface area contributed by atoms with Gasteiger partial charge in [0.25, 0.3) is 0 Å². The summed E-state index contributed by atoms with van der Waals surface area (Å²) in [6, 6.07) is 3.35. The first-order valence-corrected chi connectivity index (χ1v) is 7.33. The van der Waals surface area contributed by atoms with Crippen molar-refractivity contribution in [2.75, 3.05) is 6.54 Å².